The van der Waals surface area contributed by atoms with E-state index < -0.39 is 0 Å². The van der Waals surface area contributed by atoms with Crippen molar-refractivity contribution in [3.05, 3.63) is 59.1 Å². The second kappa shape index (κ2) is 6.96. The number of carbonyl (C=O) groups is 1. The number of carbonyl (C=O) groups excluding carboxylic acids is 1. The minimum atomic E-state index is -0.275. The third kappa shape index (κ3) is 4.66. The van der Waals surface area contributed by atoms with Crippen LogP contribution in [0.3, 0.4) is 0 Å². The second-order valence-corrected chi connectivity index (χ2v) is 8.31. The average molecular weight is 359 g/mol. The molecule has 0 aliphatic rings. The van der Waals surface area contributed by atoms with Gasteiger partial charge in [0.05, 0.1) is 18.2 Å². The molecule has 1 amide bonds. The van der Waals surface area contributed by atoms with Gasteiger partial charge in [-0.2, -0.15) is 0 Å². The summed E-state index contributed by atoms with van der Waals surface area (Å²) >= 11 is 1.54. The van der Waals surface area contributed by atoms with Crippen LogP contribution in [-0.2, 0) is 11.2 Å². The van der Waals surface area contributed by atoms with Crippen molar-refractivity contribution in [1.82, 2.24) is 14.7 Å². The van der Waals surface area contributed by atoms with Gasteiger partial charge in [-0.1, -0.05) is 32.9 Å². The van der Waals surface area contributed by atoms with Crippen LogP contribution in [0, 0.1) is 11.2 Å². The van der Waals surface area contributed by atoms with Crippen LogP contribution in [0.25, 0.3) is 4.96 Å². The van der Waals surface area contributed by atoms with Crippen molar-refractivity contribution < 1.29 is 9.18 Å². The molecule has 4 nitrogen and oxygen atoms in total. The van der Waals surface area contributed by atoms with E-state index in [-0.39, 0.29) is 29.6 Å². The first-order valence-corrected chi connectivity index (χ1v) is 9.14. The summed E-state index contributed by atoms with van der Waals surface area (Å²) in [5, 5.41) is 5.05. The highest BCUT2D eigenvalue weighted by Gasteiger charge is 2.22. The maximum Gasteiger partial charge on any atom is 0.226 e. The van der Waals surface area contributed by atoms with Crippen molar-refractivity contribution in [2.75, 3.05) is 0 Å². The van der Waals surface area contributed by atoms with E-state index in [1.165, 1.54) is 23.5 Å². The molecule has 6 heteroatoms. The summed E-state index contributed by atoms with van der Waals surface area (Å²) in [5.41, 5.74) is 1.69. The number of fused-ring (bicyclic) bond motifs is 1. The van der Waals surface area contributed by atoms with Gasteiger partial charge in [0, 0.05) is 17.8 Å². The Morgan fingerprint density at radius 2 is 2.04 bits per heavy atom. The number of rotatable bonds is 5. The molecule has 1 N–H and O–H groups in total. The van der Waals surface area contributed by atoms with Crippen LogP contribution >= 0.6 is 11.3 Å². The lowest BCUT2D eigenvalue weighted by molar-refractivity contribution is -0.121. The lowest BCUT2D eigenvalue weighted by atomic mass is 9.85. The molecular weight excluding hydrogens is 337 g/mol. The summed E-state index contributed by atoms with van der Waals surface area (Å²) in [7, 11) is 0. The Morgan fingerprint density at radius 1 is 1.32 bits per heavy atom. The van der Waals surface area contributed by atoms with Crippen LogP contribution in [-0.4, -0.2) is 15.3 Å². The third-order valence-corrected chi connectivity index (χ3v) is 4.68. The third-order valence-electron chi connectivity index (χ3n) is 3.91. The van der Waals surface area contributed by atoms with E-state index in [1.807, 2.05) is 22.2 Å². The van der Waals surface area contributed by atoms with Gasteiger partial charge in [-0.25, -0.2) is 9.37 Å². The molecule has 0 spiro atoms. The molecule has 25 heavy (non-hydrogen) atoms. The molecular formula is C19H22FN3OS. The van der Waals surface area contributed by atoms with E-state index in [2.05, 4.69) is 31.1 Å². The quantitative estimate of drug-likeness (QED) is 0.735. The van der Waals surface area contributed by atoms with Crippen molar-refractivity contribution in [2.45, 2.75) is 39.7 Å². The number of thiazole rings is 1. The lowest BCUT2D eigenvalue weighted by Crippen LogP contribution is -2.32. The molecule has 3 rings (SSSR count). The SMILES string of the molecule is CC(C)(C)CC(NC(=O)Cc1cn2ccsc2n1)c1ccc(F)cc1. The zero-order valence-corrected chi connectivity index (χ0v) is 15.4. The van der Waals surface area contributed by atoms with Crippen LogP contribution in [0.15, 0.2) is 42.0 Å². The van der Waals surface area contributed by atoms with Gasteiger partial charge >= 0.3 is 0 Å². The monoisotopic (exact) mass is 359 g/mol. The van der Waals surface area contributed by atoms with Crippen molar-refractivity contribution in [3.8, 4) is 0 Å². The first-order chi connectivity index (χ1) is 11.8. The van der Waals surface area contributed by atoms with Crippen molar-refractivity contribution in [3.63, 3.8) is 0 Å². The number of benzene rings is 1. The van der Waals surface area contributed by atoms with Gasteiger partial charge in [0.2, 0.25) is 5.91 Å². The highest BCUT2D eigenvalue weighted by molar-refractivity contribution is 7.15. The average Bonchev–Trinajstić information content (AvgIpc) is 3.07. The normalized spacial score (nSPS) is 13.1. The van der Waals surface area contributed by atoms with Crippen LogP contribution in [0.4, 0.5) is 4.39 Å². The standard InChI is InChI=1S/C19H22FN3OS/c1-19(2,3)11-16(13-4-6-14(20)7-5-13)22-17(24)10-15-12-23-8-9-25-18(23)21-15/h4-9,12,16H,10-11H2,1-3H3,(H,22,24). The van der Waals surface area contributed by atoms with Crippen LogP contribution in [0.2, 0.25) is 0 Å². The molecule has 0 saturated carbocycles. The fourth-order valence-electron chi connectivity index (χ4n) is 2.83. The fourth-order valence-corrected chi connectivity index (χ4v) is 3.55. The molecule has 3 aromatic rings. The minimum Gasteiger partial charge on any atom is -0.349 e. The Kier molecular flexibility index (Phi) is 4.90. The summed E-state index contributed by atoms with van der Waals surface area (Å²) in [6.07, 6.45) is 4.80. The predicted molar refractivity (Wildman–Crippen MR) is 98.1 cm³/mol. The van der Waals surface area contributed by atoms with E-state index >= 15 is 0 Å². The second-order valence-electron chi connectivity index (χ2n) is 7.44. The zero-order valence-electron chi connectivity index (χ0n) is 14.6. The molecule has 1 unspecified atom stereocenters. The molecule has 0 fully saturated rings. The van der Waals surface area contributed by atoms with Crippen molar-refractivity contribution in [2.24, 2.45) is 5.41 Å². The summed E-state index contributed by atoms with van der Waals surface area (Å²) in [6.45, 7) is 6.37. The van der Waals surface area contributed by atoms with Gasteiger partial charge < -0.3 is 5.32 Å². The molecule has 0 aliphatic heterocycles. The van der Waals surface area contributed by atoms with E-state index in [1.54, 1.807) is 12.1 Å². The highest BCUT2D eigenvalue weighted by atomic mass is 32.1. The summed E-state index contributed by atoms with van der Waals surface area (Å²) < 4.78 is 15.1. The van der Waals surface area contributed by atoms with Crippen molar-refractivity contribution in [1.29, 1.82) is 0 Å². The first-order valence-electron chi connectivity index (χ1n) is 8.26. The summed E-state index contributed by atoms with van der Waals surface area (Å²) in [5.74, 6) is -0.355. The van der Waals surface area contributed by atoms with Gasteiger partial charge in [-0.3, -0.25) is 9.20 Å². The van der Waals surface area contributed by atoms with Crippen molar-refractivity contribution >= 4 is 22.2 Å². The van der Waals surface area contributed by atoms with Crippen LogP contribution in [0.1, 0.15) is 44.5 Å². The Hall–Kier alpha value is -2.21. The minimum absolute atomic E-state index is 0.0311. The number of amides is 1. The molecule has 2 aromatic heterocycles. The number of hydrogen-bond acceptors (Lipinski definition) is 3. The van der Waals surface area contributed by atoms with E-state index in [0.29, 0.717) is 0 Å². The maximum atomic E-state index is 13.2. The maximum absolute atomic E-state index is 13.2. The van der Waals surface area contributed by atoms with E-state index in [9.17, 15) is 9.18 Å². The number of imidazole rings is 1. The number of nitrogens with one attached hydrogen (secondary N) is 1. The Morgan fingerprint density at radius 3 is 2.68 bits per heavy atom. The molecule has 1 atom stereocenters. The molecule has 132 valence electrons. The number of hydrogen-bond donors (Lipinski definition) is 1. The number of halogens is 1. The Balaban J connectivity index is 1.73. The fraction of sp³-hybridized carbons (Fsp3) is 0.368. The molecule has 0 radical (unpaired) electrons. The predicted octanol–water partition coefficient (Wildman–Crippen LogP) is 4.37. The molecule has 1 aromatic carbocycles. The molecule has 0 aliphatic carbocycles. The van der Waals surface area contributed by atoms with E-state index in [0.717, 1.165) is 22.6 Å². The largest absolute Gasteiger partial charge is 0.349 e. The molecule has 0 bridgehead atoms. The van der Waals surface area contributed by atoms with Gasteiger partial charge in [0.25, 0.3) is 0 Å². The van der Waals surface area contributed by atoms with Crippen LogP contribution in [0.5, 0.6) is 0 Å². The first kappa shape index (κ1) is 17.6. The molecule has 2 heterocycles. The van der Waals surface area contributed by atoms with Crippen LogP contribution < -0.4 is 5.32 Å². The topological polar surface area (TPSA) is 46.4 Å². The van der Waals surface area contributed by atoms with Gasteiger partial charge in [-0.15, -0.1) is 11.3 Å². The van der Waals surface area contributed by atoms with Gasteiger partial charge in [0.1, 0.15) is 5.82 Å². The smallest absolute Gasteiger partial charge is 0.226 e. The molecule has 0 saturated heterocycles. The number of nitrogens with zero attached hydrogens (tertiary/aromatic N) is 2. The zero-order chi connectivity index (χ0) is 18.0. The van der Waals surface area contributed by atoms with E-state index in [4.69, 9.17) is 0 Å². The summed E-state index contributed by atoms with van der Waals surface area (Å²) in [4.78, 5) is 17.8. The van der Waals surface area contributed by atoms with Gasteiger partial charge in [0.15, 0.2) is 4.96 Å². The highest BCUT2D eigenvalue weighted by Crippen LogP contribution is 2.29. The number of aromatic nitrogens is 2. The Labute approximate surface area is 150 Å². The van der Waals surface area contributed by atoms with Gasteiger partial charge in [-0.05, 0) is 29.5 Å². The lowest BCUT2D eigenvalue weighted by Gasteiger charge is -2.27. The summed E-state index contributed by atoms with van der Waals surface area (Å²) in [6, 6.07) is 6.18. The Bertz CT molecular complexity index is 832.